The Morgan fingerprint density at radius 3 is 1.76 bits per heavy atom. The van der Waals surface area contributed by atoms with Crippen LogP contribution in [0, 0.1) is 11.6 Å². The molecular weight excluding hydrogens is 457 g/mol. The molecule has 0 aliphatic rings. The molecule has 0 nitrogen and oxygen atoms in total. The van der Waals surface area contributed by atoms with E-state index in [1.54, 1.807) is 12.1 Å². The maximum absolute atomic E-state index is 14.7. The van der Waals surface area contributed by atoms with Crippen LogP contribution in [-0.4, -0.2) is 6.18 Å². The zero-order chi connectivity index (χ0) is 24.9. The Kier molecular flexibility index (Phi) is 7.97. The van der Waals surface area contributed by atoms with Crippen molar-refractivity contribution in [3.05, 3.63) is 101 Å². The minimum Gasteiger partial charge on any atom is -0.206 e. The van der Waals surface area contributed by atoms with Gasteiger partial charge in [-0.1, -0.05) is 61.9 Å². The first kappa shape index (κ1) is 25.3. The highest BCUT2D eigenvalue weighted by Gasteiger charge is 2.23. The Balaban J connectivity index is 1.84. The lowest BCUT2D eigenvalue weighted by Gasteiger charge is -2.08. The van der Waals surface area contributed by atoms with Crippen LogP contribution in [0.3, 0.4) is 0 Å². The number of hydrogen-bond donors (Lipinski definition) is 0. The minimum atomic E-state index is -4.78. The minimum absolute atomic E-state index is 0.150. The quantitative estimate of drug-likeness (QED) is 0.234. The maximum Gasteiger partial charge on any atom is 0.409 e. The number of benzene rings is 3. The molecule has 0 N–H and O–H groups in total. The molecule has 0 spiro atoms. The molecule has 0 aromatic heterocycles. The topological polar surface area (TPSA) is 0 Å². The van der Waals surface area contributed by atoms with Crippen LogP contribution in [0.25, 0.3) is 28.9 Å². The van der Waals surface area contributed by atoms with Crippen molar-refractivity contribution in [3.63, 3.8) is 0 Å². The fourth-order valence-electron chi connectivity index (χ4n) is 3.36. The lowest BCUT2D eigenvalue weighted by atomic mass is 10.00. The van der Waals surface area contributed by atoms with Crippen LogP contribution in [0.1, 0.15) is 42.0 Å². The van der Waals surface area contributed by atoms with Gasteiger partial charge in [-0.25, -0.2) is 17.6 Å². The smallest absolute Gasteiger partial charge is 0.206 e. The Bertz CT molecular complexity index is 1160. The highest BCUT2D eigenvalue weighted by atomic mass is 19.4. The van der Waals surface area contributed by atoms with Crippen LogP contribution in [-0.2, 0) is 6.42 Å². The molecule has 0 saturated heterocycles. The predicted octanol–water partition coefficient (Wildman–Crippen LogP) is 9.31. The third-order valence-corrected chi connectivity index (χ3v) is 5.21. The molecule has 0 atom stereocenters. The van der Waals surface area contributed by atoms with Crippen molar-refractivity contribution in [1.82, 2.24) is 0 Å². The van der Waals surface area contributed by atoms with E-state index in [9.17, 15) is 30.7 Å². The summed E-state index contributed by atoms with van der Waals surface area (Å²) in [6.45, 7) is 2.12. The van der Waals surface area contributed by atoms with Gasteiger partial charge in [-0.2, -0.15) is 13.2 Å². The summed E-state index contributed by atoms with van der Waals surface area (Å²) in [4.78, 5) is 0. The SMILES string of the molecule is CCCCc1ccc(-c2ccc(/C(F)=C(\F)c3cc(F)c(/C=C/C(F)(F)F)c(F)c3)cc2)cc1. The van der Waals surface area contributed by atoms with E-state index in [-0.39, 0.29) is 17.7 Å². The van der Waals surface area contributed by atoms with Gasteiger partial charge in [-0.05, 0) is 47.7 Å². The second kappa shape index (κ2) is 10.7. The van der Waals surface area contributed by atoms with E-state index in [1.807, 2.05) is 24.3 Å². The lowest BCUT2D eigenvalue weighted by molar-refractivity contribution is -0.0790. The van der Waals surface area contributed by atoms with Crippen LogP contribution in [0.2, 0.25) is 0 Å². The molecule has 3 rings (SSSR count). The van der Waals surface area contributed by atoms with Crippen LogP contribution in [0.4, 0.5) is 30.7 Å². The van der Waals surface area contributed by atoms with Crippen LogP contribution >= 0.6 is 0 Å². The van der Waals surface area contributed by atoms with E-state index in [4.69, 9.17) is 0 Å². The van der Waals surface area contributed by atoms with E-state index in [0.29, 0.717) is 12.1 Å². The summed E-state index contributed by atoms with van der Waals surface area (Å²) < 4.78 is 94.2. The van der Waals surface area contributed by atoms with E-state index in [2.05, 4.69) is 6.92 Å². The standard InChI is InChI=1S/C27H21F7/c1-2-3-4-17-5-7-18(8-6-17)19-9-11-20(12-10-19)25(30)26(31)21-15-23(28)22(24(29)16-21)13-14-27(32,33)34/h5-16H,2-4H2,1H3/b14-13+,26-25+. The van der Waals surface area contributed by atoms with E-state index >= 15 is 0 Å². The van der Waals surface area contributed by atoms with Gasteiger partial charge in [-0.15, -0.1) is 0 Å². The highest BCUT2D eigenvalue weighted by Crippen LogP contribution is 2.32. The Morgan fingerprint density at radius 2 is 1.26 bits per heavy atom. The number of rotatable bonds is 7. The maximum atomic E-state index is 14.7. The lowest BCUT2D eigenvalue weighted by Crippen LogP contribution is -2.01. The molecule has 34 heavy (non-hydrogen) atoms. The molecule has 0 amide bonds. The van der Waals surface area contributed by atoms with Crippen molar-refractivity contribution in [3.8, 4) is 11.1 Å². The summed E-state index contributed by atoms with van der Waals surface area (Å²) in [6, 6.07) is 14.6. The van der Waals surface area contributed by atoms with E-state index in [1.165, 1.54) is 17.7 Å². The molecule has 0 aliphatic carbocycles. The largest absolute Gasteiger partial charge is 0.409 e. The molecule has 3 aromatic rings. The van der Waals surface area contributed by atoms with Crippen LogP contribution in [0.5, 0.6) is 0 Å². The molecule has 3 aromatic carbocycles. The summed E-state index contributed by atoms with van der Waals surface area (Å²) in [5.41, 5.74) is 0.961. The van der Waals surface area contributed by atoms with Gasteiger partial charge in [0.1, 0.15) is 11.6 Å². The first-order valence-corrected chi connectivity index (χ1v) is 10.6. The van der Waals surface area contributed by atoms with Crippen molar-refractivity contribution in [2.24, 2.45) is 0 Å². The van der Waals surface area contributed by atoms with Crippen molar-refractivity contribution in [2.75, 3.05) is 0 Å². The van der Waals surface area contributed by atoms with Crippen molar-refractivity contribution in [1.29, 1.82) is 0 Å². The summed E-state index contributed by atoms with van der Waals surface area (Å²) >= 11 is 0. The van der Waals surface area contributed by atoms with Gasteiger partial charge in [0.15, 0.2) is 11.7 Å². The molecule has 0 bridgehead atoms. The van der Waals surface area contributed by atoms with Gasteiger partial charge in [-0.3, -0.25) is 0 Å². The number of allylic oxidation sites excluding steroid dienone is 1. The fourth-order valence-corrected chi connectivity index (χ4v) is 3.36. The average Bonchev–Trinajstić information content (AvgIpc) is 2.81. The molecular formula is C27H21F7. The molecule has 178 valence electrons. The number of halogens is 7. The molecule has 7 heteroatoms. The molecule has 0 fully saturated rings. The fraction of sp³-hybridized carbons (Fsp3) is 0.185. The summed E-state index contributed by atoms with van der Waals surface area (Å²) in [6.07, 6.45) is -1.77. The third-order valence-electron chi connectivity index (χ3n) is 5.21. The Labute approximate surface area is 193 Å². The summed E-state index contributed by atoms with van der Waals surface area (Å²) in [5.74, 6) is -5.77. The Hall–Kier alpha value is -3.35. The summed E-state index contributed by atoms with van der Waals surface area (Å²) in [7, 11) is 0. The molecule has 0 unspecified atom stereocenters. The molecule has 0 radical (unpaired) electrons. The van der Waals surface area contributed by atoms with Crippen molar-refractivity contribution < 1.29 is 30.7 Å². The molecule has 0 aliphatic heterocycles. The van der Waals surface area contributed by atoms with Crippen molar-refractivity contribution in [2.45, 2.75) is 32.4 Å². The van der Waals surface area contributed by atoms with Gasteiger partial charge in [0.2, 0.25) is 0 Å². The monoisotopic (exact) mass is 478 g/mol. The number of aryl methyl sites for hydroxylation is 1. The second-order valence-electron chi connectivity index (χ2n) is 7.73. The predicted molar refractivity (Wildman–Crippen MR) is 121 cm³/mol. The zero-order valence-electron chi connectivity index (χ0n) is 18.2. The Morgan fingerprint density at radius 1 is 0.765 bits per heavy atom. The van der Waals surface area contributed by atoms with Gasteiger partial charge in [0, 0.05) is 22.8 Å². The van der Waals surface area contributed by atoms with Gasteiger partial charge in [0.25, 0.3) is 0 Å². The number of alkyl halides is 3. The van der Waals surface area contributed by atoms with Crippen LogP contribution in [0.15, 0.2) is 66.7 Å². The summed E-state index contributed by atoms with van der Waals surface area (Å²) in [5, 5.41) is 0. The third kappa shape index (κ3) is 6.37. The highest BCUT2D eigenvalue weighted by molar-refractivity contribution is 5.84. The normalized spacial score (nSPS) is 12.8. The number of hydrogen-bond acceptors (Lipinski definition) is 0. The first-order valence-electron chi connectivity index (χ1n) is 10.6. The van der Waals surface area contributed by atoms with Gasteiger partial charge < -0.3 is 0 Å². The van der Waals surface area contributed by atoms with Gasteiger partial charge in [0.05, 0.1) is 0 Å². The molecule has 0 saturated carbocycles. The number of unbranched alkanes of at least 4 members (excludes halogenated alkanes) is 1. The average molecular weight is 478 g/mol. The second-order valence-corrected chi connectivity index (χ2v) is 7.73. The van der Waals surface area contributed by atoms with Crippen LogP contribution < -0.4 is 0 Å². The zero-order valence-corrected chi connectivity index (χ0v) is 18.2. The van der Waals surface area contributed by atoms with Gasteiger partial charge >= 0.3 is 6.18 Å². The van der Waals surface area contributed by atoms with E-state index in [0.717, 1.165) is 30.4 Å². The molecule has 0 heterocycles. The first-order chi connectivity index (χ1) is 16.1. The van der Waals surface area contributed by atoms with E-state index < -0.39 is 40.6 Å². The van der Waals surface area contributed by atoms with Crippen molar-refractivity contribution >= 4 is 17.7 Å².